The standard InChI is InChI=1S/C20H27N3O2/c1-25-19-7-2-5-17(15-19)8-9-18-6-3-12-22(16-18)20(24)10-14-23-13-4-11-21-23/h2,4-5,7,11,13,15,18H,3,6,8-10,12,14,16H2,1H3/t18-/m0/s1. The molecule has 25 heavy (non-hydrogen) atoms. The number of aryl methyl sites for hydroxylation is 2. The van der Waals surface area contributed by atoms with Gasteiger partial charge in [0.15, 0.2) is 0 Å². The number of carbonyl (C=O) groups excluding carboxylic acids is 1. The molecule has 1 aromatic carbocycles. The van der Waals surface area contributed by atoms with E-state index in [2.05, 4.69) is 17.2 Å². The van der Waals surface area contributed by atoms with E-state index in [0.717, 1.165) is 38.1 Å². The first kappa shape index (κ1) is 17.5. The number of aromatic nitrogens is 2. The summed E-state index contributed by atoms with van der Waals surface area (Å²) in [5.41, 5.74) is 1.31. The molecule has 0 bridgehead atoms. The molecule has 1 aliphatic rings. The number of benzene rings is 1. The van der Waals surface area contributed by atoms with Crippen LogP contribution >= 0.6 is 0 Å². The van der Waals surface area contributed by atoms with Crippen LogP contribution < -0.4 is 4.74 Å². The van der Waals surface area contributed by atoms with E-state index in [9.17, 15) is 4.79 Å². The third-order valence-corrected chi connectivity index (χ3v) is 4.96. The number of rotatable bonds is 7. The van der Waals surface area contributed by atoms with Gasteiger partial charge in [0.2, 0.25) is 5.91 Å². The number of hydrogen-bond donors (Lipinski definition) is 0. The van der Waals surface area contributed by atoms with Crippen molar-refractivity contribution in [2.75, 3.05) is 20.2 Å². The second-order valence-electron chi connectivity index (χ2n) is 6.76. The maximum Gasteiger partial charge on any atom is 0.224 e. The average molecular weight is 341 g/mol. The Labute approximate surface area is 149 Å². The summed E-state index contributed by atoms with van der Waals surface area (Å²) in [5, 5.41) is 4.16. The van der Waals surface area contributed by atoms with Gasteiger partial charge in [-0.1, -0.05) is 12.1 Å². The van der Waals surface area contributed by atoms with E-state index < -0.39 is 0 Å². The number of ether oxygens (including phenoxy) is 1. The lowest BCUT2D eigenvalue weighted by atomic mass is 9.91. The van der Waals surface area contributed by atoms with E-state index in [1.807, 2.05) is 34.0 Å². The molecule has 3 rings (SSSR count). The molecule has 1 aliphatic heterocycles. The molecule has 1 saturated heterocycles. The fourth-order valence-corrected chi connectivity index (χ4v) is 3.53. The molecule has 1 amide bonds. The Morgan fingerprint density at radius 2 is 2.28 bits per heavy atom. The molecule has 1 atom stereocenters. The number of amides is 1. The van der Waals surface area contributed by atoms with Gasteiger partial charge in [-0.05, 0) is 55.4 Å². The number of nitrogens with zero attached hydrogens (tertiary/aromatic N) is 3. The van der Waals surface area contributed by atoms with Gasteiger partial charge in [0.25, 0.3) is 0 Å². The van der Waals surface area contributed by atoms with Crippen LogP contribution in [0.4, 0.5) is 0 Å². The molecule has 1 aromatic heterocycles. The van der Waals surface area contributed by atoms with Crippen LogP contribution in [0.25, 0.3) is 0 Å². The van der Waals surface area contributed by atoms with E-state index in [1.165, 1.54) is 12.0 Å². The Bertz CT molecular complexity index is 669. The molecule has 0 radical (unpaired) electrons. The lowest BCUT2D eigenvalue weighted by Gasteiger charge is -2.33. The van der Waals surface area contributed by atoms with E-state index in [0.29, 0.717) is 18.9 Å². The highest BCUT2D eigenvalue weighted by Crippen LogP contribution is 2.23. The minimum absolute atomic E-state index is 0.251. The van der Waals surface area contributed by atoms with Crippen molar-refractivity contribution in [2.45, 2.75) is 38.6 Å². The number of carbonyl (C=O) groups is 1. The van der Waals surface area contributed by atoms with E-state index >= 15 is 0 Å². The molecule has 1 fully saturated rings. The van der Waals surface area contributed by atoms with Crippen molar-refractivity contribution in [3.63, 3.8) is 0 Å². The van der Waals surface area contributed by atoms with Gasteiger partial charge >= 0.3 is 0 Å². The molecule has 0 N–H and O–H groups in total. The van der Waals surface area contributed by atoms with Crippen molar-refractivity contribution in [3.8, 4) is 5.75 Å². The lowest BCUT2D eigenvalue weighted by Crippen LogP contribution is -2.40. The van der Waals surface area contributed by atoms with Gasteiger partial charge in [-0.2, -0.15) is 5.10 Å². The minimum atomic E-state index is 0.251. The molecular weight excluding hydrogens is 314 g/mol. The highest BCUT2D eigenvalue weighted by molar-refractivity contribution is 5.76. The van der Waals surface area contributed by atoms with Crippen LogP contribution in [0.1, 0.15) is 31.2 Å². The van der Waals surface area contributed by atoms with Gasteiger partial charge < -0.3 is 9.64 Å². The molecule has 5 nitrogen and oxygen atoms in total. The van der Waals surface area contributed by atoms with Crippen LogP contribution in [0, 0.1) is 5.92 Å². The highest BCUT2D eigenvalue weighted by Gasteiger charge is 2.23. The number of piperidine rings is 1. The van der Waals surface area contributed by atoms with E-state index in [-0.39, 0.29) is 5.91 Å². The second kappa shape index (κ2) is 8.70. The Kier molecular flexibility index (Phi) is 6.09. The summed E-state index contributed by atoms with van der Waals surface area (Å²) in [7, 11) is 1.70. The van der Waals surface area contributed by atoms with Crippen molar-refractivity contribution in [3.05, 3.63) is 48.3 Å². The first-order chi connectivity index (χ1) is 12.2. The molecule has 2 aromatic rings. The number of methoxy groups -OCH3 is 1. The van der Waals surface area contributed by atoms with Crippen molar-refractivity contribution >= 4 is 5.91 Å². The Hall–Kier alpha value is -2.30. The van der Waals surface area contributed by atoms with Crippen molar-refractivity contribution in [1.82, 2.24) is 14.7 Å². The zero-order valence-corrected chi connectivity index (χ0v) is 14.9. The summed E-state index contributed by atoms with van der Waals surface area (Å²) in [6.07, 6.45) is 8.67. The fraction of sp³-hybridized carbons (Fsp3) is 0.500. The summed E-state index contributed by atoms with van der Waals surface area (Å²) in [6, 6.07) is 10.2. The summed E-state index contributed by atoms with van der Waals surface area (Å²) >= 11 is 0. The van der Waals surface area contributed by atoms with Crippen LogP contribution in [0.3, 0.4) is 0 Å². The molecule has 134 valence electrons. The molecule has 2 heterocycles. The highest BCUT2D eigenvalue weighted by atomic mass is 16.5. The van der Waals surface area contributed by atoms with Gasteiger partial charge in [0.1, 0.15) is 5.75 Å². The minimum Gasteiger partial charge on any atom is -0.497 e. The molecule has 0 spiro atoms. The lowest BCUT2D eigenvalue weighted by molar-refractivity contribution is -0.133. The predicted molar refractivity (Wildman–Crippen MR) is 97.5 cm³/mol. The van der Waals surface area contributed by atoms with Gasteiger partial charge in [-0.25, -0.2) is 0 Å². The molecule has 0 saturated carbocycles. The Balaban J connectivity index is 1.46. The molecule has 0 aliphatic carbocycles. The monoisotopic (exact) mass is 341 g/mol. The molecule has 5 heteroatoms. The van der Waals surface area contributed by atoms with Crippen molar-refractivity contribution in [1.29, 1.82) is 0 Å². The topological polar surface area (TPSA) is 47.4 Å². The zero-order chi connectivity index (χ0) is 17.5. The van der Waals surface area contributed by atoms with Gasteiger partial charge in [-0.3, -0.25) is 9.48 Å². The maximum atomic E-state index is 12.5. The Morgan fingerprint density at radius 3 is 3.08 bits per heavy atom. The normalized spacial score (nSPS) is 17.5. The smallest absolute Gasteiger partial charge is 0.224 e. The molecule has 0 unspecified atom stereocenters. The van der Waals surface area contributed by atoms with Crippen molar-refractivity contribution in [2.24, 2.45) is 5.92 Å². The van der Waals surface area contributed by atoms with Crippen LogP contribution in [0.2, 0.25) is 0 Å². The van der Waals surface area contributed by atoms with Crippen LogP contribution in [-0.4, -0.2) is 40.8 Å². The van der Waals surface area contributed by atoms with Crippen molar-refractivity contribution < 1.29 is 9.53 Å². The van der Waals surface area contributed by atoms with Crippen LogP contribution in [-0.2, 0) is 17.8 Å². The first-order valence-corrected chi connectivity index (χ1v) is 9.13. The SMILES string of the molecule is COc1cccc(CC[C@@H]2CCCN(C(=O)CCn3cccn3)C2)c1. The van der Waals surface area contributed by atoms with Gasteiger partial charge in [-0.15, -0.1) is 0 Å². The predicted octanol–water partition coefficient (Wildman–Crippen LogP) is 3.15. The van der Waals surface area contributed by atoms with Crippen LogP contribution in [0.15, 0.2) is 42.7 Å². The maximum absolute atomic E-state index is 12.5. The zero-order valence-electron chi connectivity index (χ0n) is 14.9. The largest absolute Gasteiger partial charge is 0.497 e. The second-order valence-corrected chi connectivity index (χ2v) is 6.76. The molecular formula is C20H27N3O2. The quantitative estimate of drug-likeness (QED) is 0.777. The van der Waals surface area contributed by atoms with E-state index in [4.69, 9.17) is 4.74 Å². The third kappa shape index (κ3) is 5.08. The van der Waals surface area contributed by atoms with Gasteiger partial charge in [0, 0.05) is 38.4 Å². The van der Waals surface area contributed by atoms with Gasteiger partial charge in [0.05, 0.1) is 7.11 Å². The Morgan fingerprint density at radius 1 is 1.36 bits per heavy atom. The number of hydrogen-bond acceptors (Lipinski definition) is 3. The van der Waals surface area contributed by atoms with E-state index in [1.54, 1.807) is 13.3 Å². The summed E-state index contributed by atoms with van der Waals surface area (Å²) in [4.78, 5) is 14.5. The van der Waals surface area contributed by atoms with Crippen LogP contribution in [0.5, 0.6) is 5.75 Å². The first-order valence-electron chi connectivity index (χ1n) is 9.13. The average Bonchev–Trinajstić information content (AvgIpc) is 3.18. The number of likely N-dealkylation sites (tertiary alicyclic amines) is 1. The fourth-order valence-electron chi connectivity index (χ4n) is 3.53. The summed E-state index contributed by atoms with van der Waals surface area (Å²) in [5.74, 6) is 1.76. The summed E-state index contributed by atoms with van der Waals surface area (Å²) < 4.78 is 7.11. The third-order valence-electron chi connectivity index (χ3n) is 4.96. The summed E-state index contributed by atoms with van der Waals surface area (Å²) in [6.45, 7) is 2.45.